The van der Waals surface area contributed by atoms with E-state index in [4.69, 9.17) is 11.0 Å². The molecule has 0 bridgehead atoms. The van der Waals surface area contributed by atoms with Crippen LogP contribution in [-0.2, 0) is 6.42 Å². The number of rotatable bonds is 2. The monoisotopic (exact) mass is 279 g/mol. The Morgan fingerprint density at radius 3 is 2.95 bits per heavy atom. The molecule has 1 heterocycles. The lowest BCUT2D eigenvalue weighted by molar-refractivity contribution is 0.539. The summed E-state index contributed by atoms with van der Waals surface area (Å²) in [7, 11) is 0. The van der Waals surface area contributed by atoms with E-state index in [-0.39, 0.29) is 11.9 Å². The van der Waals surface area contributed by atoms with E-state index >= 15 is 0 Å². The summed E-state index contributed by atoms with van der Waals surface area (Å²) in [5.74, 6) is 1.14. The van der Waals surface area contributed by atoms with Crippen molar-refractivity contribution in [3.63, 3.8) is 0 Å². The quantitative estimate of drug-likeness (QED) is 0.882. The third kappa shape index (κ3) is 2.40. The largest absolute Gasteiger partial charge is 0.382 e. The molecule has 3 rings (SSSR count). The van der Waals surface area contributed by atoms with Gasteiger partial charge in [0, 0.05) is 0 Å². The number of nitrogens with zero attached hydrogens (tertiary/aromatic N) is 3. The number of anilines is 2. The molecule has 0 amide bonds. The lowest BCUT2D eigenvalue weighted by Gasteiger charge is -2.19. The van der Waals surface area contributed by atoms with E-state index in [1.54, 1.807) is 0 Å². The smallest absolute Gasteiger partial charge is 0.225 e. The summed E-state index contributed by atoms with van der Waals surface area (Å²) in [6.07, 6.45) is 2.50. The molecule has 3 N–H and O–H groups in total. The van der Waals surface area contributed by atoms with Crippen molar-refractivity contribution in [1.29, 1.82) is 5.26 Å². The van der Waals surface area contributed by atoms with Crippen LogP contribution in [0.15, 0.2) is 24.4 Å². The van der Waals surface area contributed by atoms with E-state index in [0.717, 1.165) is 6.42 Å². The zero-order valence-corrected chi connectivity index (χ0v) is 12.1. The Balaban J connectivity index is 1.91. The SMILES string of the molecule is Cc1ccc2c(c1)[C@H](Nc1ncc(C#N)c(N)n1)[C@@H](C)C2. The number of benzene rings is 1. The minimum absolute atomic E-state index is 0.173. The van der Waals surface area contributed by atoms with Gasteiger partial charge in [-0.2, -0.15) is 10.2 Å². The first-order valence-corrected chi connectivity index (χ1v) is 6.97. The molecule has 0 unspecified atom stereocenters. The Bertz CT molecular complexity index is 732. The molecule has 5 heteroatoms. The van der Waals surface area contributed by atoms with Gasteiger partial charge in [-0.05, 0) is 30.4 Å². The van der Waals surface area contributed by atoms with E-state index in [2.05, 4.69) is 47.3 Å². The first-order chi connectivity index (χ1) is 10.1. The van der Waals surface area contributed by atoms with Gasteiger partial charge in [0.25, 0.3) is 0 Å². The van der Waals surface area contributed by atoms with Gasteiger partial charge in [-0.3, -0.25) is 0 Å². The molecule has 0 saturated carbocycles. The van der Waals surface area contributed by atoms with Crippen LogP contribution in [-0.4, -0.2) is 9.97 Å². The van der Waals surface area contributed by atoms with E-state index in [1.807, 2.05) is 6.07 Å². The van der Waals surface area contributed by atoms with Gasteiger partial charge < -0.3 is 11.1 Å². The number of nitrogens with one attached hydrogen (secondary N) is 1. The Hall–Kier alpha value is -2.61. The van der Waals surface area contributed by atoms with Crippen LogP contribution in [0.1, 0.15) is 35.2 Å². The molecule has 1 aliphatic rings. The standard InChI is InChI=1S/C16H17N5/c1-9-3-4-11-6-10(2)14(13(11)5-9)20-16-19-8-12(7-17)15(18)21-16/h3-5,8,10,14H,6H2,1-2H3,(H3,18,19,20,21)/t10-,14+/m0/s1. The highest BCUT2D eigenvalue weighted by Gasteiger charge is 2.29. The molecule has 0 spiro atoms. The molecule has 1 aromatic carbocycles. The van der Waals surface area contributed by atoms with Gasteiger partial charge in [-0.15, -0.1) is 0 Å². The first-order valence-electron chi connectivity index (χ1n) is 6.97. The highest BCUT2D eigenvalue weighted by molar-refractivity contribution is 5.51. The predicted molar refractivity (Wildman–Crippen MR) is 81.6 cm³/mol. The molecule has 106 valence electrons. The number of hydrogen-bond donors (Lipinski definition) is 2. The fourth-order valence-corrected chi connectivity index (χ4v) is 2.87. The molecule has 0 fully saturated rings. The highest BCUT2D eigenvalue weighted by Crippen LogP contribution is 2.38. The molecule has 0 saturated heterocycles. The fourth-order valence-electron chi connectivity index (χ4n) is 2.87. The first kappa shape index (κ1) is 13.4. The topological polar surface area (TPSA) is 87.6 Å². The van der Waals surface area contributed by atoms with Crippen LogP contribution in [0.5, 0.6) is 0 Å². The van der Waals surface area contributed by atoms with Crippen molar-refractivity contribution in [2.24, 2.45) is 5.92 Å². The van der Waals surface area contributed by atoms with E-state index < -0.39 is 0 Å². The predicted octanol–water partition coefficient (Wildman–Crippen LogP) is 2.58. The van der Waals surface area contributed by atoms with E-state index in [9.17, 15) is 0 Å². The van der Waals surface area contributed by atoms with E-state index in [0.29, 0.717) is 17.4 Å². The van der Waals surface area contributed by atoms with Crippen LogP contribution in [0.3, 0.4) is 0 Å². The van der Waals surface area contributed by atoms with Gasteiger partial charge in [0.2, 0.25) is 5.95 Å². The normalized spacial score (nSPS) is 19.9. The zero-order chi connectivity index (χ0) is 15.0. The molecule has 2 aromatic rings. The molecule has 0 radical (unpaired) electrons. The summed E-state index contributed by atoms with van der Waals surface area (Å²) in [6, 6.07) is 8.69. The van der Waals surface area contributed by atoms with Crippen molar-refractivity contribution < 1.29 is 0 Å². The van der Waals surface area contributed by atoms with Crippen LogP contribution in [0, 0.1) is 24.2 Å². The molecule has 0 aliphatic heterocycles. The van der Waals surface area contributed by atoms with Gasteiger partial charge in [0.15, 0.2) is 0 Å². The van der Waals surface area contributed by atoms with Crippen molar-refractivity contribution in [1.82, 2.24) is 9.97 Å². The number of nitriles is 1. The average Bonchev–Trinajstić information content (AvgIpc) is 2.75. The molecule has 21 heavy (non-hydrogen) atoms. The third-order valence-corrected chi connectivity index (χ3v) is 3.97. The maximum atomic E-state index is 8.87. The van der Waals surface area contributed by atoms with Crippen molar-refractivity contribution in [2.75, 3.05) is 11.1 Å². The number of fused-ring (bicyclic) bond motifs is 1. The van der Waals surface area contributed by atoms with Crippen molar-refractivity contribution in [3.05, 3.63) is 46.6 Å². The van der Waals surface area contributed by atoms with Gasteiger partial charge in [0.1, 0.15) is 17.5 Å². The molecular formula is C16H17N5. The van der Waals surface area contributed by atoms with Crippen LogP contribution in [0.2, 0.25) is 0 Å². The average molecular weight is 279 g/mol. The van der Waals surface area contributed by atoms with Crippen LogP contribution in [0.25, 0.3) is 0 Å². The van der Waals surface area contributed by atoms with Crippen molar-refractivity contribution in [3.8, 4) is 6.07 Å². The molecule has 1 aliphatic carbocycles. The molecule has 5 nitrogen and oxygen atoms in total. The summed E-state index contributed by atoms with van der Waals surface area (Å²) in [4.78, 5) is 8.35. The summed E-state index contributed by atoms with van der Waals surface area (Å²) < 4.78 is 0. The van der Waals surface area contributed by atoms with Crippen LogP contribution in [0.4, 0.5) is 11.8 Å². The third-order valence-electron chi connectivity index (χ3n) is 3.97. The minimum Gasteiger partial charge on any atom is -0.382 e. The Morgan fingerprint density at radius 1 is 1.43 bits per heavy atom. The fraction of sp³-hybridized carbons (Fsp3) is 0.312. The summed E-state index contributed by atoms with van der Waals surface area (Å²) >= 11 is 0. The number of nitrogen functional groups attached to an aromatic ring is 1. The molecule has 1 aromatic heterocycles. The Labute approximate surface area is 123 Å². The van der Waals surface area contributed by atoms with Gasteiger partial charge in [0.05, 0.1) is 12.2 Å². The van der Waals surface area contributed by atoms with Crippen molar-refractivity contribution >= 4 is 11.8 Å². The number of hydrogen-bond acceptors (Lipinski definition) is 5. The second-order valence-corrected chi connectivity index (χ2v) is 5.61. The Kier molecular flexibility index (Phi) is 3.22. The van der Waals surface area contributed by atoms with Gasteiger partial charge in [-0.25, -0.2) is 4.98 Å². The Morgan fingerprint density at radius 2 is 2.24 bits per heavy atom. The number of nitrogens with two attached hydrogens (primary N) is 1. The summed E-state index contributed by atoms with van der Waals surface area (Å²) in [5.41, 5.74) is 9.96. The zero-order valence-electron chi connectivity index (χ0n) is 12.1. The highest BCUT2D eigenvalue weighted by atomic mass is 15.1. The summed E-state index contributed by atoms with van der Waals surface area (Å²) in [5, 5.41) is 12.2. The minimum atomic E-state index is 0.173. The molecule has 2 atom stereocenters. The number of aromatic nitrogens is 2. The van der Waals surface area contributed by atoms with Crippen molar-refractivity contribution in [2.45, 2.75) is 26.3 Å². The second-order valence-electron chi connectivity index (χ2n) is 5.61. The van der Waals surface area contributed by atoms with Gasteiger partial charge >= 0.3 is 0 Å². The van der Waals surface area contributed by atoms with Crippen LogP contribution < -0.4 is 11.1 Å². The maximum absolute atomic E-state index is 8.87. The van der Waals surface area contributed by atoms with Crippen LogP contribution >= 0.6 is 0 Å². The maximum Gasteiger partial charge on any atom is 0.225 e. The molecular weight excluding hydrogens is 262 g/mol. The summed E-state index contributed by atoms with van der Waals surface area (Å²) in [6.45, 7) is 4.30. The van der Waals surface area contributed by atoms with E-state index in [1.165, 1.54) is 22.9 Å². The number of aryl methyl sites for hydroxylation is 1. The lowest BCUT2D eigenvalue weighted by atomic mass is 10.0. The lowest BCUT2D eigenvalue weighted by Crippen LogP contribution is -2.16. The van der Waals surface area contributed by atoms with Gasteiger partial charge in [-0.1, -0.05) is 30.7 Å². The second kappa shape index (κ2) is 5.06.